The van der Waals surface area contributed by atoms with Gasteiger partial charge in [0.15, 0.2) is 0 Å². The minimum Gasteiger partial charge on any atom is -0.381 e. The Morgan fingerprint density at radius 1 is 1.40 bits per heavy atom. The lowest BCUT2D eigenvalue weighted by atomic mass is 9.95. The normalized spacial score (nSPS) is 24.6. The molecule has 6 heteroatoms. The summed E-state index contributed by atoms with van der Waals surface area (Å²) in [6, 6.07) is 2.09. The van der Waals surface area contributed by atoms with Crippen LogP contribution in [0.1, 0.15) is 25.0 Å². The predicted molar refractivity (Wildman–Crippen MR) is 85.3 cm³/mol. The molecule has 1 atom stereocenters. The maximum atomic E-state index is 12.2. The zero-order valence-corrected chi connectivity index (χ0v) is 13.9. The van der Waals surface area contributed by atoms with Crippen LogP contribution >= 0.6 is 22.6 Å². The van der Waals surface area contributed by atoms with Crippen molar-refractivity contribution in [3.8, 4) is 0 Å². The minimum absolute atomic E-state index is 0.0539. The maximum absolute atomic E-state index is 12.2. The van der Waals surface area contributed by atoms with Gasteiger partial charge in [0.25, 0.3) is 0 Å². The molecular formula is C14H20IN3O2. The lowest BCUT2D eigenvalue weighted by molar-refractivity contribution is -0.117. The second kappa shape index (κ2) is 6.01. The first kappa shape index (κ1) is 14.3. The number of nitrogens with zero attached hydrogens (tertiary/aromatic N) is 3. The Hall–Kier alpha value is -0.630. The monoisotopic (exact) mass is 389 g/mol. The van der Waals surface area contributed by atoms with Crippen molar-refractivity contribution in [2.24, 2.45) is 5.92 Å². The SMILES string of the molecule is CN1C(=O)C(I)CCn2nc(CC3CCOCC3)cc21. The van der Waals surface area contributed by atoms with Crippen molar-refractivity contribution in [2.75, 3.05) is 25.2 Å². The van der Waals surface area contributed by atoms with Crippen molar-refractivity contribution in [2.45, 2.75) is 36.2 Å². The quantitative estimate of drug-likeness (QED) is 0.575. The van der Waals surface area contributed by atoms with E-state index in [1.54, 1.807) is 4.90 Å². The van der Waals surface area contributed by atoms with Gasteiger partial charge in [-0.15, -0.1) is 0 Å². The van der Waals surface area contributed by atoms with E-state index >= 15 is 0 Å². The van der Waals surface area contributed by atoms with Crippen LogP contribution in [0.3, 0.4) is 0 Å². The highest BCUT2D eigenvalue weighted by atomic mass is 127. The van der Waals surface area contributed by atoms with Crippen LogP contribution < -0.4 is 4.90 Å². The molecule has 20 heavy (non-hydrogen) atoms. The molecule has 1 amide bonds. The number of aryl methyl sites for hydroxylation is 1. The van der Waals surface area contributed by atoms with Crippen LogP contribution in [0.5, 0.6) is 0 Å². The number of alkyl halides is 1. The largest absolute Gasteiger partial charge is 0.381 e. The number of amides is 1. The number of ether oxygens (including phenoxy) is 1. The average molecular weight is 389 g/mol. The fraction of sp³-hybridized carbons (Fsp3) is 0.714. The van der Waals surface area contributed by atoms with Gasteiger partial charge < -0.3 is 4.74 Å². The number of rotatable bonds is 2. The van der Waals surface area contributed by atoms with Crippen LogP contribution in [-0.2, 0) is 22.5 Å². The second-order valence-electron chi connectivity index (χ2n) is 5.63. The topological polar surface area (TPSA) is 47.4 Å². The van der Waals surface area contributed by atoms with Crippen LogP contribution in [0.15, 0.2) is 6.07 Å². The predicted octanol–water partition coefficient (Wildman–Crippen LogP) is 2.02. The Bertz CT molecular complexity index is 497. The minimum atomic E-state index is 0.0539. The number of hydrogen-bond donors (Lipinski definition) is 0. The van der Waals surface area contributed by atoms with Crippen molar-refractivity contribution < 1.29 is 9.53 Å². The molecule has 5 nitrogen and oxygen atoms in total. The Morgan fingerprint density at radius 3 is 2.90 bits per heavy atom. The van der Waals surface area contributed by atoms with Crippen LogP contribution in [0, 0.1) is 5.92 Å². The van der Waals surface area contributed by atoms with Crippen molar-refractivity contribution in [1.82, 2.24) is 9.78 Å². The molecule has 0 spiro atoms. The first-order valence-corrected chi connectivity index (χ1v) is 8.46. The maximum Gasteiger partial charge on any atom is 0.240 e. The summed E-state index contributed by atoms with van der Waals surface area (Å²) >= 11 is 2.23. The number of hydrogen-bond acceptors (Lipinski definition) is 3. The van der Waals surface area contributed by atoms with Gasteiger partial charge in [0.1, 0.15) is 5.82 Å². The summed E-state index contributed by atoms with van der Waals surface area (Å²) in [7, 11) is 1.85. The fourth-order valence-corrected chi connectivity index (χ4v) is 3.62. The van der Waals surface area contributed by atoms with Gasteiger partial charge in [-0.05, 0) is 31.6 Å². The third kappa shape index (κ3) is 2.86. The highest BCUT2D eigenvalue weighted by Gasteiger charge is 2.27. The fourth-order valence-electron chi connectivity index (χ4n) is 2.92. The van der Waals surface area contributed by atoms with E-state index < -0.39 is 0 Å². The van der Waals surface area contributed by atoms with Gasteiger partial charge in [0.05, 0.1) is 9.62 Å². The summed E-state index contributed by atoms with van der Waals surface area (Å²) < 4.78 is 7.44. The molecule has 0 saturated carbocycles. The molecule has 0 N–H and O–H groups in total. The molecule has 1 aromatic rings. The number of carbonyl (C=O) groups excluding carboxylic acids is 1. The molecule has 0 aliphatic carbocycles. The summed E-state index contributed by atoms with van der Waals surface area (Å²) in [6.07, 6.45) is 4.09. The van der Waals surface area contributed by atoms with E-state index in [1.807, 2.05) is 11.7 Å². The highest BCUT2D eigenvalue weighted by Crippen LogP contribution is 2.26. The molecule has 3 heterocycles. The van der Waals surface area contributed by atoms with Gasteiger partial charge >= 0.3 is 0 Å². The van der Waals surface area contributed by atoms with Crippen molar-refractivity contribution in [3.63, 3.8) is 0 Å². The first-order valence-electron chi connectivity index (χ1n) is 7.21. The molecule has 0 aromatic carbocycles. The van der Waals surface area contributed by atoms with Gasteiger partial charge in [0, 0.05) is 32.9 Å². The Morgan fingerprint density at radius 2 is 2.15 bits per heavy atom. The van der Waals surface area contributed by atoms with E-state index in [0.29, 0.717) is 5.92 Å². The smallest absolute Gasteiger partial charge is 0.240 e. The standard InChI is InChI=1S/C14H20IN3O2/c1-17-13-9-11(8-10-3-6-20-7-4-10)16-18(13)5-2-12(15)14(17)19/h9-10,12H,2-8H2,1H3. The molecule has 1 unspecified atom stereocenters. The lowest BCUT2D eigenvalue weighted by Gasteiger charge is -2.20. The van der Waals surface area contributed by atoms with E-state index in [0.717, 1.165) is 57.0 Å². The van der Waals surface area contributed by atoms with E-state index in [1.165, 1.54) is 0 Å². The summed E-state index contributed by atoms with van der Waals surface area (Å²) in [5.74, 6) is 1.79. The van der Waals surface area contributed by atoms with Crippen LogP contribution in [0.2, 0.25) is 0 Å². The van der Waals surface area contributed by atoms with E-state index in [-0.39, 0.29) is 9.83 Å². The van der Waals surface area contributed by atoms with Gasteiger partial charge in [-0.3, -0.25) is 9.69 Å². The summed E-state index contributed by atoms with van der Waals surface area (Å²) in [4.78, 5) is 13.9. The van der Waals surface area contributed by atoms with Crippen molar-refractivity contribution >= 4 is 34.3 Å². The van der Waals surface area contributed by atoms with E-state index in [4.69, 9.17) is 9.84 Å². The molecule has 0 radical (unpaired) electrons. The molecule has 2 aliphatic heterocycles. The van der Waals surface area contributed by atoms with E-state index in [9.17, 15) is 4.79 Å². The van der Waals surface area contributed by atoms with Gasteiger partial charge in [0.2, 0.25) is 5.91 Å². The molecule has 1 fully saturated rings. The Balaban J connectivity index is 1.76. The Labute approximate surface area is 132 Å². The molecular weight excluding hydrogens is 369 g/mol. The van der Waals surface area contributed by atoms with Gasteiger partial charge in [-0.25, -0.2) is 4.68 Å². The van der Waals surface area contributed by atoms with Crippen molar-refractivity contribution in [1.29, 1.82) is 0 Å². The lowest BCUT2D eigenvalue weighted by Crippen LogP contribution is -2.32. The third-order valence-electron chi connectivity index (χ3n) is 4.18. The number of carbonyl (C=O) groups is 1. The number of anilines is 1. The van der Waals surface area contributed by atoms with Crippen LogP contribution in [0.25, 0.3) is 0 Å². The first-order chi connectivity index (χ1) is 9.65. The molecule has 0 bridgehead atoms. The zero-order valence-electron chi connectivity index (χ0n) is 11.7. The van der Waals surface area contributed by atoms with Crippen LogP contribution in [0.4, 0.5) is 5.82 Å². The molecule has 110 valence electrons. The van der Waals surface area contributed by atoms with Crippen LogP contribution in [-0.4, -0.2) is 39.9 Å². The summed E-state index contributed by atoms with van der Waals surface area (Å²) in [5, 5.41) is 4.70. The second-order valence-corrected chi connectivity index (χ2v) is 7.13. The highest BCUT2D eigenvalue weighted by molar-refractivity contribution is 14.1. The molecule has 2 aliphatic rings. The van der Waals surface area contributed by atoms with E-state index in [2.05, 4.69) is 28.7 Å². The zero-order chi connectivity index (χ0) is 14.1. The average Bonchev–Trinajstić information content (AvgIpc) is 2.83. The summed E-state index contributed by atoms with van der Waals surface area (Å²) in [6.45, 7) is 2.56. The number of fused-ring (bicyclic) bond motifs is 1. The summed E-state index contributed by atoms with van der Waals surface area (Å²) in [5.41, 5.74) is 1.11. The number of aromatic nitrogens is 2. The van der Waals surface area contributed by atoms with Gasteiger partial charge in [-0.2, -0.15) is 5.10 Å². The van der Waals surface area contributed by atoms with Gasteiger partial charge in [-0.1, -0.05) is 22.6 Å². The third-order valence-corrected chi connectivity index (χ3v) is 5.34. The number of halogens is 1. The Kier molecular flexibility index (Phi) is 4.30. The van der Waals surface area contributed by atoms with Crippen molar-refractivity contribution in [3.05, 3.63) is 11.8 Å². The molecule has 1 aromatic heterocycles. The molecule has 3 rings (SSSR count). The molecule has 1 saturated heterocycles.